The topological polar surface area (TPSA) is 250 Å². The number of nitrogens with two attached hydrogens (primary N) is 1. The van der Waals surface area contributed by atoms with Crippen molar-refractivity contribution in [3.63, 3.8) is 0 Å². The minimum Gasteiger partial charge on any atom is -0.543 e. The van der Waals surface area contributed by atoms with Crippen molar-refractivity contribution < 1.29 is 78.1 Å². The van der Waals surface area contributed by atoms with Crippen LogP contribution in [-0.4, -0.2) is 120 Å². The molecule has 0 saturated carbocycles. The molecule has 3 fully saturated rings. The van der Waals surface area contributed by atoms with Crippen LogP contribution in [0.25, 0.3) is 0 Å². The van der Waals surface area contributed by atoms with E-state index < -0.39 is 52.7 Å². The van der Waals surface area contributed by atoms with Gasteiger partial charge in [0.2, 0.25) is 17.4 Å². The maximum absolute atomic E-state index is 13.4. The molecule has 3 atom stereocenters. The van der Waals surface area contributed by atoms with E-state index >= 15 is 0 Å². The number of aliphatic carboxylic acids is 1. The van der Waals surface area contributed by atoms with Crippen LogP contribution in [0.2, 0.25) is 0 Å². The maximum atomic E-state index is 13.4. The number of allylic oxidation sites excluding steroid dienone is 1. The van der Waals surface area contributed by atoms with Gasteiger partial charge in [-0.2, -0.15) is 9.36 Å². The average Bonchev–Trinajstić information content (AvgIpc) is 3.83. The second-order valence-electron chi connectivity index (χ2n) is 11.1. The minimum atomic E-state index is -1.62. The number of β-lactam (4-membered cyclic amide) rings is 1. The van der Waals surface area contributed by atoms with Crippen LogP contribution < -0.4 is 45.7 Å². The Balaban J connectivity index is 0.00000451. The number of carboxylic acid groups (broad SMARTS) is 1. The molecular formula is C27H27N8NaO10S2. The minimum absolute atomic E-state index is 0. The fourth-order valence-corrected chi connectivity index (χ4v) is 7.65. The predicted molar refractivity (Wildman–Crippen MR) is 159 cm³/mol. The number of carbonyl (C=O) groups is 6. The van der Waals surface area contributed by atoms with E-state index in [1.54, 1.807) is 11.8 Å². The first-order valence-electron chi connectivity index (χ1n) is 14.3. The molecule has 3 saturated heterocycles. The number of esters is 1. The Bertz CT molecular complexity index is 1720. The van der Waals surface area contributed by atoms with Crippen LogP contribution in [0.4, 0.5) is 9.93 Å². The number of rotatable bonds is 8. The van der Waals surface area contributed by atoms with Crippen LogP contribution in [0, 0.1) is 0 Å². The Hall–Kier alpha value is -3.98. The largest absolute Gasteiger partial charge is 1.00 e. The molecule has 5 aliphatic rings. The quantitative estimate of drug-likeness (QED) is 0.0436. The Labute approximate surface area is 302 Å². The summed E-state index contributed by atoms with van der Waals surface area (Å²) in [5, 5.41) is 26.1. The van der Waals surface area contributed by atoms with Crippen LogP contribution in [0.1, 0.15) is 32.0 Å². The summed E-state index contributed by atoms with van der Waals surface area (Å²) in [5.74, 6) is -3.84. The van der Waals surface area contributed by atoms with Gasteiger partial charge in [-0.25, -0.2) is 4.79 Å². The van der Waals surface area contributed by atoms with Gasteiger partial charge >= 0.3 is 41.6 Å². The van der Waals surface area contributed by atoms with Crippen molar-refractivity contribution in [2.75, 3.05) is 37.7 Å². The fourth-order valence-electron chi connectivity index (χ4n) is 5.91. The number of likely N-dealkylation sites (tertiary alicyclic amines) is 2. The van der Waals surface area contributed by atoms with E-state index in [-0.39, 0.29) is 83.4 Å². The van der Waals surface area contributed by atoms with E-state index in [1.165, 1.54) is 22.7 Å². The second kappa shape index (κ2) is 14.2. The molecule has 18 nitrogen and oxygen atoms in total. The summed E-state index contributed by atoms with van der Waals surface area (Å²) in [5.41, 5.74) is 5.81. The SMILES string of the molecule is CC1=C(COC(=O)N2CC[C@@H](N3CC/C(=C\C4=C(C(=O)[O-])N5C(=O)[C@@H](NC(=O)/C(=N\O)c6nsc(N)n6)[C@H]5SC4)C3=O)C2)OC(=O)C1.[Na+]. The molecule has 0 radical (unpaired) electrons. The molecule has 248 valence electrons. The van der Waals surface area contributed by atoms with Crippen molar-refractivity contribution in [1.29, 1.82) is 0 Å². The number of fused-ring (bicyclic) bond motifs is 1. The van der Waals surface area contributed by atoms with Crippen LogP contribution in [0.5, 0.6) is 0 Å². The van der Waals surface area contributed by atoms with Crippen molar-refractivity contribution in [3.05, 3.63) is 40.1 Å². The molecule has 48 heavy (non-hydrogen) atoms. The van der Waals surface area contributed by atoms with Crippen molar-refractivity contribution >= 4 is 69.9 Å². The molecule has 0 aliphatic carbocycles. The van der Waals surface area contributed by atoms with Crippen LogP contribution >= 0.6 is 23.3 Å². The molecule has 6 heterocycles. The van der Waals surface area contributed by atoms with Gasteiger partial charge in [-0.1, -0.05) is 5.16 Å². The normalized spacial score (nSPS) is 24.9. The second-order valence-corrected chi connectivity index (χ2v) is 13.0. The monoisotopic (exact) mass is 710 g/mol. The number of amides is 4. The van der Waals surface area contributed by atoms with E-state index in [2.05, 4.69) is 19.8 Å². The number of aromatic nitrogens is 2. The summed E-state index contributed by atoms with van der Waals surface area (Å²) in [6.07, 6.45) is 1.87. The number of oxime groups is 1. The summed E-state index contributed by atoms with van der Waals surface area (Å²) in [4.78, 5) is 83.3. The number of cyclic esters (lactones) is 1. The van der Waals surface area contributed by atoms with Gasteiger partial charge in [-0.15, -0.1) is 11.8 Å². The molecule has 4 N–H and O–H groups in total. The van der Waals surface area contributed by atoms with Crippen molar-refractivity contribution in [1.82, 2.24) is 29.4 Å². The summed E-state index contributed by atoms with van der Waals surface area (Å²) < 4.78 is 14.2. The molecule has 5 aliphatic heterocycles. The zero-order valence-electron chi connectivity index (χ0n) is 25.7. The van der Waals surface area contributed by atoms with Gasteiger partial charge in [0.1, 0.15) is 17.2 Å². The molecule has 21 heteroatoms. The number of ether oxygens (including phenoxy) is 2. The number of nitrogens with one attached hydrogen (secondary N) is 1. The molecule has 1 aromatic rings. The number of anilines is 1. The number of hydrogen-bond donors (Lipinski definition) is 3. The van der Waals surface area contributed by atoms with Crippen molar-refractivity contribution in [2.45, 2.75) is 43.6 Å². The summed E-state index contributed by atoms with van der Waals surface area (Å²) in [7, 11) is 0. The standard InChI is InChI=1S/C27H28N8O10S2.Na/c1-11-6-16(36)45-15(11)9-44-27(42)33-4-3-14(8-33)34-5-2-12(22(34)38)7-13-10-46-24-18(23(39)35(24)19(13)25(40)41)29-21(37)17(31-43)20-30-26(28)47-32-20;/h7,14,18,24,43H,2-6,8-10H2,1H3,(H,29,37)(H,40,41)(H2,28,30,32);/q;+1/p-1/b12-7+,31-17-;/t14-,18-,24-;/m1./s1. The third-order valence-corrected chi connectivity index (χ3v) is 10.1. The van der Waals surface area contributed by atoms with Crippen LogP contribution in [0.15, 0.2) is 39.4 Å². The molecular weight excluding hydrogens is 683 g/mol. The molecule has 0 spiro atoms. The molecule has 6 rings (SSSR count). The van der Waals surface area contributed by atoms with E-state index in [9.17, 15) is 39.1 Å². The van der Waals surface area contributed by atoms with E-state index in [0.717, 1.165) is 16.4 Å². The average molecular weight is 711 g/mol. The van der Waals surface area contributed by atoms with E-state index in [0.29, 0.717) is 42.8 Å². The smallest absolute Gasteiger partial charge is 0.543 e. The Kier molecular flexibility index (Phi) is 10.5. The van der Waals surface area contributed by atoms with Gasteiger partial charge < -0.3 is 45.4 Å². The molecule has 0 aromatic carbocycles. The zero-order valence-corrected chi connectivity index (χ0v) is 29.3. The predicted octanol–water partition coefficient (Wildman–Crippen LogP) is -4.70. The van der Waals surface area contributed by atoms with Gasteiger partial charge in [0, 0.05) is 42.5 Å². The molecule has 0 bridgehead atoms. The Morgan fingerprint density at radius 3 is 2.69 bits per heavy atom. The number of carboxylic acids is 1. The first kappa shape index (κ1) is 35.3. The van der Waals surface area contributed by atoms with Gasteiger partial charge in [0.05, 0.1) is 24.1 Å². The number of carbonyl (C=O) groups excluding carboxylic acids is 6. The number of hydrogen-bond acceptors (Lipinski definition) is 16. The van der Waals surface area contributed by atoms with Crippen molar-refractivity contribution in [3.8, 4) is 0 Å². The maximum Gasteiger partial charge on any atom is 1.00 e. The first-order chi connectivity index (χ1) is 22.5. The Morgan fingerprint density at radius 1 is 1.27 bits per heavy atom. The van der Waals surface area contributed by atoms with Crippen LogP contribution in [0.3, 0.4) is 0 Å². The molecule has 0 unspecified atom stereocenters. The third-order valence-electron chi connectivity index (χ3n) is 8.26. The van der Waals surface area contributed by atoms with Gasteiger partial charge in [0.15, 0.2) is 11.7 Å². The zero-order chi connectivity index (χ0) is 33.6. The van der Waals surface area contributed by atoms with E-state index in [4.69, 9.17) is 15.2 Å². The molecule has 4 amide bonds. The fraction of sp³-hybridized carbons (Fsp3) is 0.444. The Morgan fingerprint density at radius 2 is 2.04 bits per heavy atom. The first-order valence-corrected chi connectivity index (χ1v) is 16.1. The van der Waals surface area contributed by atoms with Gasteiger partial charge in [-0.05, 0) is 37.0 Å². The third kappa shape index (κ3) is 6.66. The summed E-state index contributed by atoms with van der Waals surface area (Å²) in [6.45, 7) is 2.52. The summed E-state index contributed by atoms with van der Waals surface area (Å²) in [6, 6.07) is -1.42. The van der Waals surface area contributed by atoms with Gasteiger partial charge in [0.25, 0.3) is 11.8 Å². The van der Waals surface area contributed by atoms with Crippen LogP contribution in [-0.2, 0) is 33.4 Å². The number of nitrogen functional groups attached to an aromatic ring is 1. The molecule has 1 aromatic heterocycles. The summed E-state index contributed by atoms with van der Waals surface area (Å²) >= 11 is 1.95. The van der Waals surface area contributed by atoms with E-state index in [1.807, 2.05) is 0 Å². The van der Waals surface area contributed by atoms with Gasteiger partial charge in [-0.3, -0.25) is 24.1 Å². The number of thioether (sulfide) groups is 1. The number of nitrogens with zero attached hydrogens (tertiary/aromatic N) is 6. The van der Waals surface area contributed by atoms with Crippen molar-refractivity contribution in [2.24, 2.45) is 5.16 Å².